The molecule has 0 radical (unpaired) electrons. The molecule has 2 aromatic rings. The molecule has 0 amide bonds. The number of hydrogen-bond donors (Lipinski definition) is 2. The van der Waals surface area contributed by atoms with Crippen LogP contribution in [0.2, 0.25) is 0 Å². The molecule has 0 aliphatic carbocycles. The van der Waals surface area contributed by atoms with E-state index in [0.717, 1.165) is 5.82 Å². The van der Waals surface area contributed by atoms with E-state index >= 15 is 0 Å². The Morgan fingerprint density at radius 3 is 3.14 bits per heavy atom. The highest BCUT2D eigenvalue weighted by Crippen LogP contribution is 2.26. The van der Waals surface area contributed by atoms with Crippen LogP contribution in [-0.2, 0) is 6.54 Å². The van der Waals surface area contributed by atoms with E-state index in [1.807, 2.05) is 17.6 Å². The molecular weight excluding hydrogens is 246 g/mol. The van der Waals surface area contributed by atoms with E-state index in [4.69, 9.17) is 0 Å². The van der Waals surface area contributed by atoms with Crippen molar-refractivity contribution in [1.82, 2.24) is 14.7 Å². The molecule has 0 aliphatic heterocycles. The third-order valence-electron chi connectivity index (χ3n) is 2.01. The van der Waals surface area contributed by atoms with Gasteiger partial charge in [0.25, 0.3) is 0 Å². The van der Waals surface area contributed by atoms with E-state index in [1.165, 1.54) is 0 Å². The number of hydrogen-bond acceptors (Lipinski definition) is 3. The molecule has 2 N–H and O–H groups in total. The van der Waals surface area contributed by atoms with Crippen molar-refractivity contribution in [2.45, 2.75) is 6.54 Å². The van der Waals surface area contributed by atoms with Crippen LogP contribution in [0.4, 0.5) is 0 Å². The number of nitrogens with zero attached hydrogens (tertiary/aromatic N) is 2. The molecule has 0 spiro atoms. The molecule has 0 atom stereocenters. The Hall–Kier alpha value is -1.07. The molecule has 4 nitrogen and oxygen atoms in total. The van der Waals surface area contributed by atoms with Crippen molar-refractivity contribution in [3.63, 3.8) is 0 Å². The summed E-state index contributed by atoms with van der Waals surface area (Å²) in [6, 6.07) is 3.43. The maximum atomic E-state index is 9.62. The van der Waals surface area contributed by atoms with Crippen LogP contribution < -0.4 is 5.32 Å². The van der Waals surface area contributed by atoms with Gasteiger partial charge in [0, 0.05) is 6.20 Å². The van der Waals surface area contributed by atoms with Gasteiger partial charge in [-0.25, -0.2) is 4.98 Å². The van der Waals surface area contributed by atoms with Crippen molar-refractivity contribution < 1.29 is 5.11 Å². The minimum Gasteiger partial charge on any atom is -0.506 e. The molecule has 0 saturated heterocycles. The molecule has 0 aliphatic rings. The van der Waals surface area contributed by atoms with Gasteiger partial charge in [-0.1, -0.05) is 0 Å². The van der Waals surface area contributed by atoms with Crippen LogP contribution in [0.5, 0.6) is 5.75 Å². The molecule has 5 heteroatoms. The number of pyridine rings is 1. The first-order chi connectivity index (χ1) is 6.74. The molecule has 0 aromatic carbocycles. The van der Waals surface area contributed by atoms with Crippen LogP contribution in [0.15, 0.2) is 22.9 Å². The highest BCUT2D eigenvalue weighted by molar-refractivity contribution is 9.10. The fourth-order valence-corrected chi connectivity index (χ4v) is 2.02. The summed E-state index contributed by atoms with van der Waals surface area (Å²) in [5, 5.41) is 12.6. The zero-order valence-corrected chi connectivity index (χ0v) is 9.24. The molecule has 2 rings (SSSR count). The number of aromatic nitrogens is 2. The lowest BCUT2D eigenvalue weighted by atomic mass is 10.4. The molecule has 0 unspecified atom stereocenters. The molecule has 2 aromatic heterocycles. The number of halogens is 1. The van der Waals surface area contributed by atoms with Gasteiger partial charge in [0.1, 0.15) is 21.7 Å². The normalized spacial score (nSPS) is 11.0. The van der Waals surface area contributed by atoms with Gasteiger partial charge < -0.3 is 10.4 Å². The van der Waals surface area contributed by atoms with E-state index in [1.54, 1.807) is 12.1 Å². The lowest BCUT2D eigenvalue weighted by molar-refractivity contribution is 0.478. The Morgan fingerprint density at radius 1 is 1.64 bits per heavy atom. The maximum absolute atomic E-state index is 9.62. The molecule has 0 bridgehead atoms. The van der Waals surface area contributed by atoms with E-state index in [0.29, 0.717) is 16.7 Å². The van der Waals surface area contributed by atoms with Gasteiger partial charge in [0.05, 0.1) is 6.54 Å². The van der Waals surface area contributed by atoms with Crippen molar-refractivity contribution in [2.75, 3.05) is 7.05 Å². The highest BCUT2D eigenvalue weighted by atomic mass is 79.9. The summed E-state index contributed by atoms with van der Waals surface area (Å²) < 4.78 is 2.52. The van der Waals surface area contributed by atoms with Gasteiger partial charge in [-0.3, -0.25) is 4.40 Å². The van der Waals surface area contributed by atoms with Crippen LogP contribution in [-0.4, -0.2) is 21.5 Å². The summed E-state index contributed by atoms with van der Waals surface area (Å²) in [4.78, 5) is 4.30. The van der Waals surface area contributed by atoms with Gasteiger partial charge in [0.15, 0.2) is 0 Å². The van der Waals surface area contributed by atoms with Crippen LogP contribution in [0.1, 0.15) is 5.82 Å². The standard InChI is InChI=1S/C9H10BrN3O/c1-11-5-7-12-9(10)8-6(14)3-2-4-13(7)8/h2-4,11,14H,5H2,1H3. The minimum atomic E-state index is 0.231. The Labute approximate surface area is 89.7 Å². The van der Waals surface area contributed by atoms with E-state index < -0.39 is 0 Å². The predicted molar refractivity (Wildman–Crippen MR) is 57.3 cm³/mol. The second-order valence-electron chi connectivity index (χ2n) is 2.96. The topological polar surface area (TPSA) is 49.6 Å². The fraction of sp³-hybridized carbons (Fsp3) is 0.222. The van der Waals surface area contributed by atoms with Crippen molar-refractivity contribution in [1.29, 1.82) is 0 Å². The number of aromatic hydroxyl groups is 1. The highest BCUT2D eigenvalue weighted by Gasteiger charge is 2.10. The Bertz CT molecular complexity index is 466. The summed E-state index contributed by atoms with van der Waals surface area (Å²) in [6.45, 7) is 0.663. The first-order valence-electron chi connectivity index (χ1n) is 4.23. The second kappa shape index (κ2) is 3.59. The summed E-state index contributed by atoms with van der Waals surface area (Å²) in [5.41, 5.74) is 0.706. The largest absolute Gasteiger partial charge is 0.506 e. The van der Waals surface area contributed by atoms with Gasteiger partial charge in [0.2, 0.25) is 0 Å². The third-order valence-corrected chi connectivity index (χ3v) is 2.56. The monoisotopic (exact) mass is 255 g/mol. The predicted octanol–water partition coefficient (Wildman–Crippen LogP) is 1.52. The number of nitrogens with one attached hydrogen (secondary N) is 1. The van der Waals surface area contributed by atoms with Crippen molar-refractivity contribution in [2.24, 2.45) is 0 Å². The first kappa shape index (κ1) is 9.48. The molecule has 2 heterocycles. The number of imidazole rings is 1. The van der Waals surface area contributed by atoms with Crippen LogP contribution in [0, 0.1) is 0 Å². The van der Waals surface area contributed by atoms with Crippen LogP contribution >= 0.6 is 15.9 Å². The molecular formula is C9H10BrN3O. The summed E-state index contributed by atoms with van der Waals surface area (Å²) in [7, 11) is 1.86. The van der Waals surface area contributed by atoms with Gasteiger partial charge in [-0.2, -0.15) is 0 Å². The average molecular weight is 256 g/mol. The summed E-state index contributed by atoms with van der Waals surface area (Å²) in [6.07, 6.45) is 1.87. The zero-order chi connectivity index (χ0) is 10.1. The van der Waals surface area contributed by atoms with Gasteiger partial charge in [-0.15, -0.1) is 0 Å². The smallest absolute Gasteiger partial charge is 0.142 e. The number of fused-ring (bicyclic) bond motifs is 1. The van der Waals surface area contributed by atoms with E-state index in [9.17, 15) is 5.11 Å². The van der Waals surface area contributed by atoms with Crippen LogP contribution in [0.25, 0.3) is 5.52 Å². The minimum absolute atomic E-state index is 0.231. The Morgan fingerprint density at radius 2 is 2.43 bits per heavy atom. The molecule has 74 valence electrons. The Balaban J connectivity index is 2.71. The molecule has 0 fully saturated rings. The number of rotatable bonds is 2. The maximum Gasteiger partial charge on any atom is 0.142 e. The first-order valence-corrected chi connectivity index (χ1v) is 5.02. The van der Waals surface area contributed by atoms with Gasteiger partial charge >= 0.3 is 0 Å². The lowest BCUT2D eigenvalue weighted by Crippen LogP contribution is -2.08. The summed E-state index contributed by atoms with van der Waals surface area (Å²) in [5.74, 6) is 1.10. The summed E-state index contributed by atoms with van der Waals surface area (Å²) >= 11 is 3.32. The quantitative estimate of drug-likeness (QED) is 0.856. The van der Waals surface area contributed by atoms with Crippen LogP contribution in [0.3, 0.4) is 0 Å². The molecule has 14 heavy (non-hydrogen) atoms. The van der Waals surface area contributed by atoms with E-state index in [-0.39, 0.29) is 5.75 Å². The second-order valence-corrected chi connectivity index (χ2v) is 3.71. The zero-order valence-electron chi connectivity index (χ0n) is 7.66. The Kier molecular flexibility index (Phi) is 2.43. The van der Waals surface area contributed by atoms with Crippen molar-refractivity contribution in [3.05, 3.63) is 28.8 Å². The SMILES string of the molecule is CNCc1nc(Br)c2c(O)cccn12. The fourth-order valence-electron chi connectivity index (χ4n) is 1.42. The van der Waals surface area contributed by atoms with Gasteiger partial charge in [-0.05, 0) is 35.1 Å². The lowest BCUT2D eigenvalue weighted by Gasteiger charge is -2.00. The van der Waals surface area contributed by atoms with E-state index in [2.05, 4.69) is 26.2 Å². The average Bonchev–Trinajstić information content (AvgIpc) is 2.46. The third kappa shape index (κ3) is 1.38. The van der Waals surface area contributed by atoms with Crippen molar-refractivity contribution >= 4 is 21.4 Å². The van der Waals surface area contributed by atoms with Crippen molar-refractivity contribution in [3.8, 4) is 5.75 Å². The molecule has 0 saturated carbocycles.